The quantitative estimate of drug-likeness (QED) is 0.805. The van der Waals surface area contributed by atoms with E-state index in [1.54, 1.807) is 0 Å². The molecule has 0 amide bonds. The fourth-order valence-electron chi connectivity index (χ4n) is 1.37. The van der Waals surface area contributed by atoms with Crippen LogP contribution in [0.4, 0.5) is 0 Å². The molecule has 0 radical (unpaired) electrons. The molecule has 0 fully saturated rings. The van der Waals surface area contributed by atoms with E-state index in [4.69, 9.17) is 16.7 Å². The van der Waals surface area contributed by atoms with Crippen LogP contribution in [0.1, 0.15) is 26.7 Å². The maximum absolute atomic E-state index is 11.9. The summed E-state index contributed by atoms with van der Waals surface area (Å²) in [6.07, 6.45) is 2.65. The van der Waals surface area contributed by atoms with E-state index in [2.05, 4.69) is 9.71 Å². The largest absolute Gasteiger partial charge is 0.396 e. The molecule has 5 nitrogen and oxygen atoms in total. The van der Waals surface area contributed by atoms with Crippen LogP contribution in [0, 0.1) is 5.41 Å². The molecule has 1 aromatic heterocycles. The Kier molecular flexibility index (Phi) is 5.54. The summed E-state index contributed by atoms with van der Waals surface area (Å²) in [6, 6.07) is 0. The number of aromatic nitrogens is 1. The van der Waals surface area contributed by atoms with Crippen LogP contribution in [0.25, 0.3) is 0 Å². The van der Waals surface area contributed by atoms with Gasteiger partial charge in [0.1, 0.15) is 0 Å². The van der Waals surface area contributed by atoms with Crippen molar-refractivity contribution in [2.45, 2.75) is 30.9 Å². The van der Waals surface area contributed by atoms with Crippen LogP contribution in [0.5, 0.6) is 0 Å². The Morgan fingerprint density at radius 2 is 2.22 bits per heavy atom. The monoisotopic (exact) mass is 312 g/mol. The highest BCUT2D eigenvalue weighted by atomic mass is 35.5. The zero-order valence-electron chi connectivity index (χ0n) is 10.3. The number of sulfonamides is 1. The molecule has 1 rings (SSSR count). The van der Waals surface area contributed by atoms with Crippen LogP contribution in [0.2, 0.25) is 4.47 Å². The van der Waals surface area contributed by atoms with Crippen LogP contribution in [-0.2, 0) is 10.0 Å². The van der Waals surface area contributed by atoms with Gasteiger partial charge in [-0.1, -0.05) is 36.8 Å². The SMILES string of the molecule is CC(C)(CCCO)CNS(=O)(=O)c1cnc(Cl)s1. The molecule has 0 saturated heterocycles. The first-order valence-corrected chi connectivity index (χ1v) is 8.16. The van der Waals surface area contributed by atoms with E-state index >= 15 is 0 Å². The molecule has 0 spiro atoms. The van der Waals surface area contributed by atoms with Crippen LogP contribution in [0.15, 0.2) is 10.4 Å². The van der Waals surface area contributed by atoms with Gasteiger partial charge >= 0.3 is 0 Å². The third-order valence-corrected chi connectivity index (χ3v) is 5.45. The standard InChI is InChI=1S/C10H17ClN2O3S2/c1-10(2,4-3-5-14)7-13-18(15,16)8-6-12-9(11)17-8/h6,13-14H,3-5,7H2,1-2H3. The van der Waals surface area contributed by atoms with E-state index in [1.807, 2.05) is 13.8 Å². The van der Waals surface area contributed by atoms with Gasteiger partial charge in [0, 0.05) is 13.2 Å². The highest BCUT2D eigenvalue weighted by Gasteiger charge is 2.23. The highest BCUT2D eigenvalue weighted by molar-refractivity contribution is 7.91. The van der Waals surface area contributed by atoms with Gasteiger partial charge in [-0.3, -0.25) is 0 Å². The van der Waals surface area contributed by atoms with Crippen molar-refractivity contribution in [1.82, 2.24) is 9.71 Å². The molecule has 0 bridgehead atoms. The third kappa shape index (κ3) is 4.81. The molecular weight excluding hydrogens is 296 g/mol. The van der Waals surface area contributed by atoms with Crippen molar-refractivity contribution in [3.63, 3.8) is 0 Å². The Labute approximate surface area is 116 Å². The zero-order valence-corrected chi connectivity index (χ0v) is 12.7. The van der Waals surface area contributed by atoms with Crippen molar-refractivity contribution in [3.05, 3.63) is 10.7 Å². The van der Waals surface area contributed by atoms with Gasteiger partial charge in [-0.05, 0) is 18.3 Å². The first kappa shape index (κ1) is 15.8. The van der Waals surface area contributed by atoms with Gasteiger partial charge in [-0.2, -0.15) is 0 Å². The minimum atomic E-state index is -3.54. The van der Waals surface area contributed by atoms with Crippen molar-refractivity contribution >= 4 is 33.0 Å². The molecule has 2 N–H and O–H groups in total. The van der Waals surface area contributed by atoms with E-state index in [0.717, 1.165) is 17.8 Å². The number of halogens is 1. The highest BCUT2D eigenvalue weighted by Crippen LogP contribution is 2.25. The second-order valence-electron chi connectivity index (χ2n) is 4.75. The predicted octanol–water partition coefficient (Wildman–Crippen LogP) is 1.87. The fraction of sp³-hybridized carbons (Fsp3) is 0.700. The number of rotatable bonds is 7. The average Bonchev–Trinajstić information content (AvgIpc) is 2.72. The summed E-state index contributed by atoms with van der Waals surface area (Å²) in [5.41, 5.74) is -0.204. The van der Waals surface area contributed by atoms with Crippen molar-refractivity contribution in [2.75, 3.05) is 13.2 Å². The number of nitrogens with one attached hydrogen (secondary N) is 1. The summed E-state index contributed by atoms with van der Waals surface area (Å²) in [7, 11) is -3.54. The van der Waals surface area contributed by atoms with Crippen molar-refractivity contribution < 1.29 is 13.5 Å². The Morgan fingerprint density at radius 1 is 1.56 bits per heavy atom. The van der Waals surface area contributed by atoms with E-state index in [9.17, 15) is 8.42 Å². The van der Waals surface area contributed by atoms with Gasteiger partial charge in [-0.25, -0.2) is 18.1 Å². The molecule has 18 heavy (non-hydrogen) atoms. The number of hydrogen-bond acceptors (Lipinski definition) is 5. The maximum Gasteiger partial charge on any atom is 0.251 e. The minimum Gasteiger partial charge on any atom is -0.396 e. The van der Waals surface area contributed by atoms with E-state index < -0.39 is 10.0 Å². The number of nitrogens with zero attached hydrogens (tertiary/aromatic N) is 1. The first-order valence-electron chi connectivity index (χ1n) is 5.49. The number of hydrogen-bond donors (Lipinski definition) is 2. The number of aliphatic hydroxyl groups is 1. The molecule has 0 saturated carbocycles. The van der Waals surface area contributed by atoms with E-state index in [1.165, 1.54) is 6.20 Å². The van der Waals surface area contributed by atoms with Crippen LogP contribution >= 0.6 is 22.9 Å². The van der Waals surface area contributed by atoms with Crippen LogP contribution < -0.4 is 4.72 Å². The van der Waals surface area contributed by atoms with Crippen LogP contribution in [-0.4, -0.2) is 31.7 Å². The Balaban J connectivity index is 2.62. The summed E-state index contributed by atoms with van der Waals surface area (Å²) in [6.45, 7) is 4.32. The summed E-state index contributed by atoms with van der Waals surface area (Å²) in [5.74, 6) is 0. The Morgan fingerprint density at radius 3 is 2.72 bits per heavy atom. The molecule has 0 atom stereocenters. The zero-order chi connectivity index (χ0) is 13.8. The Hall–Kier alpha value is -0.210. The normalized spacial score (nSPS) is 12.9. The fourth-order valence-corrected chi connectivity index (χ4v) is 3.95. The predicted molar refractivity (Wildman–Crippen MR) is 72.4 cm³/mol. The summed E-state index contributed by atoms with van der Waals surface area (Å²) >= 11 is 6.54. The lowest BCUT2D eigenvalue weighted by Crippen LogP contribution is -2.33. The van der Waals surface area contributed by atoms with Gasteiger partial charge in [0.25, 0.3) is 10.0 Å². The Bertz CT molecular complexity index is 485. The lowest BCUT2D eigenvalue weighted by molar-refractivity contribution is 0.242. The lowest BCUT2D eigenvalue weighted by Gasteiger charge is -2.24. The van der Waals surface area contributed by atoms with Gasteiger partial charge in [0.15, 0.2) is 8.68 Å². The molecule has 0 aliphatic heterocycles. The topological polar surface area (TPSA) is 79.3 Å². The maximum atomic E-state index is 11.9. The molecule has 0 aliphatic carbocycles. The second-order valence-corrected chi connectivity index (χ2v) is 8.35. The molecule has 104 valence electrons. The van der Waals surface area contributed by atoms with Crippen LogP contribution in [0.3, 0.4) is 0 Å². The molecule has 1 heterocycles. The van der Waals surface area contributed by atoms with Crippen molar-refractivity contribution in [1.29, 1.82) is 0 Å². The second kappa shape index (κ2) is 6.29. The van der Waals surface area contributed by atoms with Gasteiger partial charge < -0.3 is 5.11 Å². The third-order valence-electron chi connectivity index (χ3n) is 2.47. The van der Waals surface area contributed by atoms with Crippen molar-refractivity contribution in [3.8, 4) is 0 Å². The molecular formula is C10H17ClN2O3S2. The molecule has 0 aromatic carbocycles. The first-order chi connectivity index (χ1) is 8.27. The van der Waals surface area contributed by atoms with Crippen molar-refractivity contribution in [2.24, 2.45) is 5.41 Å². The number of aliphatic hydroxyl groups excluding tert-OH is 1. The number of thiazole rings is 1. The summed E-state index contributed by atoms with van der Waals surface area (Å²) in [4.78, 5) is 3.71. The smallest absolute Gasteiger partial charge is 0.251 e. The molecule has 1 aromatic rings. The molecule has 8 heteroatoms. The van der Waals surface area contributed by atoms with E-state index in [-0.39, 0.29) is 20.7 Å². The lowest BCUT2D eigenvalue weighted by atomic mass is 9.88. The summed E-state index contributed by atoms with van der Waals surface area (Å²) < 4.78 is 26.7. The van der Waals surface area contributed by atoms with E-state index in [0.29, 0.717) is 13.0 Å². The summed E-state index contributed by atoms with van der Waals surface area (Å²) in [5, 5.41) is 8.78. The molecule has 0 unspecified atom stereocenters. The minimum absolute atomic E-state index is 0.112. The average molecular weight is 313 g/mol. The van der Waals surface area contributed by atoms with Gasteiger partial charge in [0.2, 0.25) is 0 Å². The van der Waals surface area contributed by atoms with Gasteiger partial charge in [-0.15, -0.1) is 0 Å². The van der Waals surface area contributed by atoms with Gasteiger partial charge in [0.05, 0.1) is 6.20 Å². The molecule has 0 aliphatic rings.